The molecule has 0 radical (unpaired) electrons. The first-order valence-corrected chi connectivity index (χ1v) is 16.6. The predicted octanol–water partition coefficient (Wildman–Crippen LogP) is 3.81. The second-order valence-electron chi connectivity index (χ2n) is 13.0. The van der Waals surface area contributed by atoms with Crippen molar-refractivity contribution in [3.05, 3.63) is 40.2 Å². The van der Waals surface area contributed by atoms with Gasteiger partial charge in [-0.15, -0.1) is 0 Å². The number of aromatic amines is 1. The molecule has 2 aromatic rings. The number of fused-ring (bicyclic) bond motifs is 5. The third-order valence-corrected chi connectivity index (χ3v) is 11.3. The van der Waals surface area contributed by atoms with E-state index in [2.05, 4.69) is 31.1 Å². The molecule has 9 nitrogen and oxygen atoms in total. The summed E-state index contributed by atoms with van der Waals surface area (Å²) < 4.78 is 29.4. The fraction of sp³-hybridized carbons (Fsp3) is 0.645. The van der Waals surface area contributed by atoms with Crippen molar-refractivity contribution < 1.29 is 18.0 Å². The van der Waals surface area contributed by atoms with Crippen molar-refractivity contribution in [1.29, 1.82) is 0 Å². The third-order valence-electron chi connectivity index (χ3n) is 9.46. The molecule has 1 aromatic carbocycles. The van der Waals surface area contributed by atoms with E-state index < -0.39 is 10.0 Å². The number of hydrogen-bond donors (Lipinski definition) is 2. The molecule has 5 atom stereocenters. The molecule has 3 fully saturated rings. The van der Waals surface area contributed by atoms with Crippen molar-refractivity contribution in [2.75, 3.05) is 19.6 Å². The van der Waals surface area contributed by atoms with Gasteiger partial charge in [0.15, 0.2) is 0 Å². The Morgan fingerprint density at radius 2 is 1.78 bits per heavy atom. The lowest BCUT2D eigenvalue weighted by Gasteiger charge is -2.50. The summed E-state index contributed by atoms with van der Waals surface area (Å²) in [7, 11) is -3.78. The van der Waals surface area contributed by atoms with E-state index in [1.807, 2.05) is 4.90 Å². The van der Waals surface area contributed by atoms with Crippen LogP contribution in [0.3, 0.4) is 0 Å². The number of rotatable bonds is 3. The van der Waals surface area contributed by atoms with Gasteiger partial charge in [0, 0.05) is 61.5 Å². The summed E-state index contributed by atoms with van der Waals surface area (Å²) in [5.41, 5.74) is 1.13. The molecule has 10 heteroatoms. The average Bonchev–Trinajstić information content (AvgIpc) is 2.91. The van der Waals surface area contributed by atoms with Gasteiger partial charge in [-0.25, -0.2) is 8.42 Å². The molecule has 4 heterocycles. The molecule has 41 heavy (non-hydrogen) atoms. The highest BCUT2D eigenvalue weighted by Crippen LogP contribution is 2.38. The standard InChI is InChI=1S/C31H44N4O5S/c1-19(2)26-10-8-20(3)12-31(38)35-17-22-14-23(28(35)6-5-7-29(36)32-26)18-34(16-22)41(39,40)24-9-11-27-25(15-24)21(4)13-30(37)33-27/h9,11,13,15,19-20,22-23,26,28H,5-8,10,12,14,16-18H2,1-4H3,(H,32,36)(H,33,37)/t20-,22+,23+,26+,28+/m1/s1. The number of hydrogen-bond acceptors (Lipinski definition) is 5. The van der Waals surface area contributed by atoms with Crippen molar-refractivity contribution >= 4 is 32.7 Å². The zero-order valence-electron chi connectivity index (χ0n) is 24.7. The molecular formula is C31H44N4O5S. The fourth-order valence-electron chi connectivity index (χ4n) is 7.17. The van der Waals surface area contributed by atoms with Crippen LogP contribution in [-0.4, -0.2) is 66.1 Å². The maximum atomic E-state index is 13.9. The third kappa shape index (κ3) is 6.38. The molecule has 2 bridgehead atoms. The number of benzene rings is 1. The van der Waals surface area contributed by atoms with Crippen LogP contribution in [0, 0.1) is 30.6 Å². The topological polar surface area (TPSA) is 120 Å². The number of aryl methyl sites for hydroxylation is 1. The summed E-state index contributed by atoms with van der Waals surface area (Å²) in [5.74, 6) is 0.856. The van der Waals surface area contributed by atoms with Crippen LogP contribution < -0.4 is 10.9 Å². The quantitative estimate of drug-likeness (QED) is 0.569. The largest absolute Gasteiger partial charge is 0.353 e. The monoisotopic (exact) mass is 584 g/mol. The Morgan fingerprint density at radius 1 is 1.00 bits per heavy atom. The van der Waals surface area contributed by atoms with E-state index >= 15 is 0 Å². The lowest BCUT2D eigenvalue weighted by molar-refractivity contribution is -0.141. The van der Waals surface area contributed by atoms with E-state index in [1.165, 1.54) is 6.07 Å². The molecule has 0 spiro atoms. The van der Waals surface area contributed by atoms with E-state index in [0.717, 1.165) is 24.8 Å². The van der Waals surface area contributed by atoms with Crippen LogP contribution in [0.5, 0.6) is 0 Å². The number of nitrogens with zero attached hydrogens (tertiary/aromatic N) is 2. The Labute approximate surface area is 243 Å². The fourth-order valence-corrected chi connectivity index (χ4v) is 8.77. The molecule has 0 unspecified atom stereocenters. The minimum atomic E-state index is -3.78. The van der Waals surface area contributed by atoms with Crippen molar-refractivity contribution in [2.45, 2.75) is 89.6 Å². The maximum absolute atomic E-state index is 13.9. The zero-order valence-corrected chi connectivity index (χ0v) is 25.5. The molecule has 5 rings (SSSR count). The Hall–Kier alpha value is -2.72. The Morgan fingerprint density at radius 3 is 2.54 bits per heavy atom. The predicted molar refractivity (Wildman–Crippen MR) is 159 cm³/mol. The molecule has 0 saturated carbocycles. The molecule has 3 aliphatic rings. The first kappa shape index (κ1) is 29.8. The number of carbonyl (C=O) groups is 2. The minimum Gasteiger partial charge on any atom is -0.353 e. The van der Waals surface area contributed by atoms with Gasteiger partial charge >= 0.3 is 0 Å². The normalized spacial score (nSPS) is 28.9. The van der Waals surface area contributed by atoms with Gasteiger partial charge in [-0.2, -0.15) is 4.31 Å². The van der Waals surface area contributed by atoms with Crippen molar-refractivity contribution in [2.24, 2.45) is 23.7 Å². The summed E-state index contributed by atoms with van der Waals surface area (Å²) in [4.78, 5) is 43.3. The first-order valence-electron chi connectivity index (χ1n) is 15.1. The van der Waals surface area contributed by atoms with E-state index in [-0.39, 0.29) is 52.1 Å². The van der Waals surface area contributed by atoms with Gasteiger partial charge in [0.2, 0.25) is 27.4 Å². The van der Waals surface area contributed by atoms with Gasteiger partial charge in [-0.3, -0.25) is 14.4 Å². The van der Waals surface area contributed by atoms with Gasteiger partial charge in [-0.05, 0) is 86.5 Å². The van der Waals surface area contributed by atoms with Crippen LogP contribution in [0.25, 0.3) is 10.9 Å². The van der Waals surface area contributed by atoms with Crippen LogP contribution in [0.1, 0.15) is 71.3 Å². The van der Waals surface area contributed by atoms with Gasteiger partial charge in [0.1, 0.15) is 0 Å². The number of amides is 2. The number of pyridine rings is 1. The van der Waals surface area contributed by atoms with Crippen molar-refractivity contribution in [3.8, 4) is 0 Å². The van der Waals surface area contributed by atoms with Crippen LogP contribution >= 0.6 is 0 Å². The van der Waals surface area contributed by atoms with Crippen LogP contribution in [-0.2, 0) is 19.6 Å². The molecule has 3 saturated heterocycles. The maximum Gasteiger partial charge on any atom is 0.248 e. The molecular weight excluding hydrogens is 540 g/mol. The number of nitrogens with one attached hydrogen (secondary N) is 2. The molecule has 3 aliphatic heterocycles. The highest BCUT2D eigenvalue weighted by Gasteiger charge is 2.45. The number of H-pyrrole nitrogens is 1. The Balaban J connectivity index is 1.38. The van der Waals surface area contributed by atoms with Gasteiger partial charge in [0.05, 0.1) is 4.90 Å². The summed E-state index contributed by atoms with van der Waals surface area (Å²) in [6.45, 7) is 9.46. The number of sulfonamides is 1. The average molecular weight is 585 g/mol. The highest BCUT2D eigenvalue weighted by atomic mass is 32.2. The summed E-state index contributed by atoms with van der Waals surface area (Å²) in [5, 5.41) is 3.93. The SMILES string of the molecule is Cc1cc(=O)[nH]c2ccc(S(=O)(=O)N3C[C@@H]4C[C@@H](C3)[C@@H]3CCCC(=O)N[C@H](C(C)C)CC[C@@H](C)CC(=O)N3C4)cc12. The van der Waals surface area contributed by atoms with E-state index in [4.69, 9.17) is 0 Å². The number of piperidine rings is 2. The molecule has 2 N–H and O–H groups in total. The lowest BCUT2D eigenvalue weighted by atomic mass is 9.78. The van der Waals surface area contributed by atoms with E-state index in [9.17, 15) is 22.8 Å². The molecule has 0 aliphatic carbocycles. The summed E-state index contributed by atoms with van der Waals surface area (Å²) >= 11 is 0. The van der Waals surface area contributed by atoms with Crippen LogP contribution in [0.4, 0.5) is 0 Å². The summed E-state index contributed by atoms with van der Waals surface area (Å²) in [6.07, 6.45) is 4.87. The molecule has 224 valence electrons. The second kappa shape index (κ2) is 11.9. The van der Waals surface area contributed by atoms with Crippen LogP contribution in [0.2, 0.25) is 0 Å². The lowest BCUT2D eigenvalue weighted by Crippen LogP contribution is -2.60. The van der Waals surface area contributed by atoms with Gasteiger partial charge < -0.3 is 15.2 Å². The molecule has 1 aromatic heterocycles. The van der Waals surface area contributed by atoms with E-state index in [1.54, 1.807) is 29.4 Å². The molecule has 2 amide bonds. The summed E-state index contributed by atoms with van der Waals surface area (Å²) in [6, 6.07) is 6.39. The van der Waals surface area contributed by atoms with Gasteiger partial charge in [-0.1, -0.05) is 20.8 Å². The Kier molecular flexibility index (Phi) is 8.62. The minimum absolute atomic E-state index is 0.0201. The van der Waals surface area contributed by atoms with E-state index in [0.29, 0.717) is 62.1 Å². The highest BCUT2D eigenvalue weighted by molar-refractivity contribution is 7.89. The zero-order chi connectivity index (χ0) is 29.5. The number of carbonyl (C=O) groups excluding carboxylic acids is 2. The van der Waals surface area contributed by atoms with Gasteiger partial charge in [0.25, 0.3) is 0 Å². The second-order valence-corrected chi connectivity index (χ2v) is 15.0. The van der Waals surface area contributed by atoms with Crippen molar-refractivity contribution in [1.82, 2.24) is 19.5 Å². The Bertz CT molecular complexity index is 1470. The van der Waals surface area contributed by atoms with Crippen LogP contribution in [0.15, 0.2) is 34.0 Å². The number of aromatic nitrogens is 1. The first-order chi connectivity index (χ1) is 19.4. The smallest absolute Gasteiger partial charge is 0.248 e. The van der Waals surface area contributed by atoms with Crippen molar-refractivity contribution in [3.63, 3.8) is 0 Å².